The molecule has 0 radical (unpaired) electrons. The van der Waals surface area contributed by atoms with Crippen LogP contribution >= 0.6 is 39.1 Å². The molecule has 2 atom stereocenters. The Hall–Kier alpha value is -0.330. The number of benzene rings is 1. The molecule has 1 amide bonds. The second-order valence-corrected chi connectivity index (χ2v) is 6.47. The molecule has 1 aromatic carbocycles. The maximum absolute atomic E-state index is 12.3. The average molecular weight is 368 g/mol. The highest BCUT2D eigenvalue weighted by atomic mass is 79.9. The van der Waals surface area contributed by atoms with Gasteiger partial charge >= 0.3 is 0 Å². The molecule has 0 aromatic heterocycles. The van der Waals surface area contributed by atoms with Gasteiger partial charge in [-0.15, -0.1) is 0 Å². The fourth-order valence-electron chi connectivity index (χ4n) is 1.84. The van der Waals surface area contributed by atoms with Gasteiger partial charge in [-0.1, -0.05) is 39.1 Å². The van der Waals surface area contributed by atoms with E-state index in [4.69, 9.17) is 33.7 Å². The summed E-state index contributed by atoms with van der Waals surface area (Å²) in [5, 5.41) is 3.46. The SMILES string of the molecule is CC1(C(=O)Nc2c(Cl)cc(Br)cc2Cl)COCC1N. The van der Waals surface area contributed by atoms with Gasteiger partial charge < -0.3 is 15.8 Å². The minimum absolute atomic E-state index is 0.247. The molecule has 1 heterocycles. The molecule has 1 aliphatic rings. The van der Waals surface area contributed by atoms with E-state index >= 15 is 0 Å². The first-order chi connectivity index (χ1) is 8.84. The Kier molecular flexibility index (Phi) is 4.42. The van der Waals surface area contributed by atoms with Crippen molar-refractivity contribution in [3.05, 3.63) is 26.7 Å². The molecule has 0 bridgehead atoms. The summed E-state index contributed by atoms with van der Waals surface area (Å²) >= 11 is 15.4. The minimum Gasteiger partial charge on any atom is -0.379 e. The van der Waals surface area contributed by atoms with Crippen molar-refractivity contribution in [1.29, 1.82) is 0 Å². The van der Waals surface area contributed by atoms with Crippen LogP contribution in [0, 0.1) is 5.41 Å². The molecule has 2 unspecified atom stereocenters. The van der Waals surface area contributed by atoms with E-state index in [9.17, 15) is 4.79 Å². The third-order valence-corrected chi connectivity index (χ3v) is 4.34. The van der Waals surface area contributed by atoms with Crippen molar-refractivity contribution in [3.63, 3.8) is 0 Å². The van der Waals surface area contributed by atoms with Crippen LogP contribution in [-0.4, -0.2) is 25.2 Å². The summed E-state index contributed by atoms with van der Waals surface area (Å²) in [5.74, 6) is -0.247. The Bertz CT molecular complexity index is 503. The minimum atomic E-state index is -0.778. The highest BCUT2D eigenvalue weighted by Crippen LogP contribution is 2.36. The molecule has 0 aliphatic carbocycles. The zero-order chi connectivity index (χ0) is 14.2. The second-order valence-electron chi connectivity index (χ2n) is 4.74. The van der Waals surface area contributed by atoms with Gasteiger partial charge in [-0.2, -0.15) is 0 Å². The Balaban J connectivity index is 2.25. The van der Waals surface area contributed by atoms with E-state index < -0.39 is 5.41 Å². The third kappa shape index (κ3) is 2.90. The molecule has 7 heteroatoms. The molecular weight excluding hydrogens is 355 g/mol. The van der Waals surface area contributed by atoms with E-state index in [0.29, 0.717) is 22.3 Å². The van der Waals surface area contributed by atoms with Crippen LogP contribution in [0.5, 0.6) is 0 Å². The molecule has 1 aromatic rings. The quantitative estimate of drug-likeness (QED) is 0.844. The van der Waals surface area contributed by atoms with Gasteiger partial charge in [0.1, 0.15) is 0 Å². The summed E-state index contributed by atoms with van der Waals surface area (Å²) in [6.45, 7) is 2.41. The van der Waals surface area contributed by atoms with Crippen LogP contribution in [0.3, 0.4) is 0 Å². The average Bonchev–Trinajstić information content (AvgIpc) is 2.65. The maximum atomic E-state index is 12.3. The summed E-state index contributed by atoms with van der Waals surface area (Å²) in [5.41, 5.74) is 5.52. The number of ether oxygens (including phenoxy) is 1. The van der Waals surface area contributed by atoms with Crippen LogP contribution in [0.4, 0.5) is 5.69 Å². The molecule has 0 spiro atoms. The van der Waals surface area contributed by atoms with Crippen LogP contribution in [0.1, 0.15) is 6.92 Å². The molecule has 19 heavy (non-hydrogen) atoms. The van der Waals surface area contributed by atoms with E-state index in [1.54, 1.807) is 19.1 Å². The van der Waals surface area contributed by atoms with Crippen LogP contribution < -0.4 is 11.1 Å². The number of carbonyl (C=O) groups excluding carboxylic acids is 1. The van der Waals surface area contributed by atoms with Crippen LogP contribution in [0.15, 0.2) is 16.6 Å². The Morgan fingerprint density at radius 2 is 2.11 bits per heavy atom. The van der Waals surface area contributed by atoms with Gasteiger partial charge in [-0.05, 0) is 19.1 Å². The molecule has 1 fully saturated rings. The maximum Gasteiger partial charge on any atom is 0.234 e. The lowest BCUT2D eigenvalue weighted by molar-refractivity contribution is -0.125. The summed E-state index contributed by atoms with van der Waals surface area (Å²) in [6, 6.07) is 2.98. The summed E-state index contributed by atoms with van der Waals surface area (Å²) in [6.07, 6.45) is 0. The molecule has 3 N–H and O–H groups in total. The van der Waals surface area contributed by atoms with Crippen molar-refractivity contribution in [2.45, 2.75) is 13.0 Å². The van der Waals surface area contributed by atoms with Gasteiger partial charge in [-0.25, -0.2) is 0 Å². The zero-order valence-corrected chi connectivity index (χ0v) is 13.3. The molecule has 104 valence electrons. The van der Waals surface area contributed by atoms with Gasteiger partial charge in [0.2, 0.25) is 5.91 Å². The monoisotopic (exact) mass is 366 g/mol. The first kappa shape index (κ1) is 15.1. The molecule has 1 aliphatic heterocycles. The standard InChI is InChI=1S/C12H13BrCl2N2O2/c1-12(5-19-4-9(12)16)11(18)17-10-7(14)2-6(13)3-8(10)15/h2-3,9H,4-5,16H2,1H3,(H,17,18). The van der Waals surface area contributed by atoms with Crippen molar-refractivity contribution >= 4 is 50.7 Å². The first-order valence-corrected chi connectivity index (χ1v) is 7.19. The van der Waals surface area contributed by atoms with E-state index in [-0.39, 0.29) is 18.6 Å². The van der Waals surface area contributed by atoms with E-state index in [0.717, 1.165) is 4.47 Å². The molecule has 2 rings (SSSR count). The van der Waals surface area contributed by atoms with Gasteiger partial charge in [0, 0.05) is 10.5 Å². The first-order valence-electron chi connectivity index (χ1n) is 5.64. The third-order valence-electron chi connectivity index (χ3n) is 3.28. The van der Waals surface area contributed by atoms with Crippen molar-refractivity contribution < 1.29 is 9.53 Å². The fraction of sp³-hybridized carbons (Fsp3) is 0.417. The van der Waals surface area contributed by atoms with Crippen molar-refractivity contribution in [2.24, 2.45) is 11.1 Å². The van der Waals surface area contributed by atoms with Crippen molar-refractivity contribution in [1.82, 2.24) is 0 Å². The summed E-state index contributed by atoms with van der Waals surface area (Å²) < 4.78 is 5.99. The molecular formula is C12H13BrCl2N2O2. The highest BCUT2D eigenvalue weighted by molar-refractivity contribution is 9.10. The van der Waals surface area contributed by atoms with Crippen molar-refractivity contribution in [2.75, 3.05) is 18.5 Å². The van der Waals surface area contributed by atoms with Gasteiger partial charge in [0.25, 0.3) is 0 Å². The van der Waals surface area contributed by atoms with Crippen LogP contribution in [0.25, 0.3) is 0 Å². The van der Waals surface area contributed by atoms with Crippen molar-refractivity contribution in [3.8, 4) is 0 Å². The largest absolute Gasteiger partial charge is 0.379 e. The molecule has 1 saturated heterocycles. The normalized spacial score (nSPS) is 26.5. The van der Waals surface area contributed by atoms with Crippen LogP contribution in [-0.2, 0) is 9.53 Å². The lowest BCUT2D eigenvalue weighted by Gasteiger charge is -2.26. The smallest absolute Gasteiger partial charge is 0.234 e. The lowest BCUT2D eigenvalue weighted by Crippen LogP contribution is -2.47. The van der Waals surface area contributed by atoms with Gasteiger partial charge in [-0.3, -0.25) is 4.79 Å². The number of rotatable bonds is 2. The Morgan fingerprint density at radius 1 is 1.53 bits per heavy atom. The molecule has 4 nitrogen and oxygen atoms in total. The summed E-state index contributed by atoms with van der Waals surface area (Å²) in [4.78, 5) is 12.3. The predicted octanol–water partition coefficient (Wildman–Crippen LogP) is 3.06. The van der Waals surface area contributed by atoms with E-state index in [1.807, 2.05) is 0 Å². The number of anilines is 1. The highest BCUT2D eigenvalue weighted by Gasteiger charge is 2.44. The second kappa shape index (κ2) is 5.58. The number of hydrogen-bond donors (Lipinski definition) is 2. The fourth-order valence-corrected chi connectivity index (χ4v) is 3.14. The number of nitrogens with one attached hydrogen (secondary N) is 1. The Morgan fingerprint density at radius 3 is 2.58 bits per heavy atom. The van der Waals surface area contributed by atoms with Gasteiger partial charge in [0.15, 0.2) is 0 Å². The topological polar surface area (TPSA) is 64.3 Å². The number of nitrogens with two attached hydrogens (primary N) is 1. The zero-order valence-electron chi connectivity index (χ0n) is 10.2. The van der Waals surface area contributed by atoms with E-state index in [1.165, 1.54) is 0 Å². The lowest BCUT2D eigenvalue weighted by atomic mass is 9.85. The van der Waals surface area contributed by atoms with Gasteiger partial charge in [0.05, 0.1) is 34.4 Å². The number of halogens is 3. The number of amides is 1. The number of carbonyl (C=O) groups is 1. The predicted molar refractivity (Wildman–Crippen MR) is 79.7 cm³/mol. The van der Waals surface area contributed by atoms with E-state index in [2.05, 4.69) is 21.2 Å². The Labute approximate surface area is 129 Å². The summed E-state index contributed by atoms with van der Waals surface area (Å²) in [7, 11) is 0. The van der Waals surface area contributed by atoms with Crippen LogP contribution in [0.2, 0.25) is 10.0 Å². The molecule has 0 saturated carbocycles. The number of hydrogen-bond acceptors (Lipinski definition) is 3.